The number of nitrogens with one attached hydrogen (secondary N) is 1. The van der Waals surface area contributed by atoms with Gasteiger partial charge in [-0.1, -0.05) is 24.3 Å². The monoisotopic (exact) mass is 337 g/mol. The maximum atomic E-state index is 12.4. The molecule has 0 aliphatic carbocycles. The Morgan fingerprint density at radius 2 is 2.08 bits per heavy atom. The van der Waals surface area contributed by atoms with E-state index in [2.05, 4.69) is 5.32 Å². The number of hydrogen-bond acceptors (Lipinski definition) is 3. The summed E-state index contributed by atoms with van der Waals surface area (Å²) in [6, 6.07) is 13.7. The van der Waals surface area contributed by atoms with Gasteiger partial charge in [0.05, 0.1) is 25.3 Å². The summed E-state index contributed by atoms with van der Waals surface area (Å²) in [5, 5.41) is 4.04. The van der Waals surface area contributed by atoms with Crippen LogP contribution in [0.3, 0.4) is 0 Å². The van der Waals surface area contributed by atoms with Crippen LogP contribution in [0.5, 0.6) is 5.75 Å². The van der Waals surface area contributed by atoms with E-state index in [1.165, 1.54) is 0 Å². The van der Waals surface area contributed by atoms with Crippen LogP contribution in [0.1, 0.15) is 36.6 Å². The normalized spacial score (nSPS) is 12.1. The third kappa shape index (κ3) is 4.02. The van der Waals surface area contributed by atoms with Crippen LogP contribution in [-0.4, -0.2) is 12.5 Å². The maximum Gasteiger partial charge on any atom is 0.225 e. The van der Waals surface area contributed by atoms with Crippen molar-refractivity contribution in [2.45, 2.75) is 33.2 Å². The molecule has 4 nitrogen and oxygen atoms in total. The first kappa shape index (κ1) is 17.1. The van der Waals surface area contributed by atoms with Crippen LogP contribution >= 0.6 is 0 Å². The molecule has 0 saturated carbocycles. The van der Waals surface area contributed by atoms with Crippen LogP contribution in [0.2, 0.25) is 0 Å². The highest BCUT2D eigenvalue weighted by Gasteiger charge is 2.14. The minimum Gasteiger partial charge on any atom is -0.494 e. The lowest BCUT2D eigenvalue weighted by Gasteiger charge is -2.15. The van der Waals surface area contributed by atoms with E-state index in [4.69, 9.17) is 9.15 Å². The van der Waals surface area contributed by atoms with Gasteiger partial charge in [0.2, 0.25) is 5.91 Å². The third-order valence-electron chi connectivity index (χ3n) is 4.21. The first-order valence-corrected chi connectivity index (χ1v) is 8.55. The van der Waals surface area contributed by atoms with E-state index < -0.39 is 0 Å². The highest BCUT2D eigenvalue weighted by molar-refractivity contribution is 5.88. The molecule has 3 aromatic rings. The van der Waals surface area contributed by atoms with Crippen molar-refractivity contribution in [3.05, 3.63) is 65.4 Å². The fraction of sp³-hybridized carbons (Fsp3) is 0.286. The van der Waals surface area contributed by atoms with Crippen LogP contribution in [0.4, 0.5) is 0 Å². The zero-order valence-electron chi connectivity index (χ0n) is 14.8. The van der Waals surface area contributed by atoms with E-state index in [9.17, 15) is 4.79 Å². The summed E-state index contributed by atoms with van der Waals surface area (Å²) in [6.07, 6.45) is 1.97. The molecule has 1 atom stereocenters. The number of furan rings is 1. The Bertz CT molecular complexity index is 882. The molecule has 0 bridgehead atoms. The lowest BCUT2D eigenvalue weighted by Crippen LogP contribution is -2.28. The topological polar surface area (TPSA) is 51.5 Å². The minimum absolute atomic E-state index is 0.0300. The van der Waals surface area contributed by atoms with Crippen LogP contribution in [0.25, 0.3) is 11.0 Å². The molecule has 1 heterocycles. The average Bonchev–Trinajstić information content (AvgIpc) is 2.97. The van der Waals surface area contributed by atoms with Crippen molar-refractivity contribution in [2.24, 2.45) is 0 Å². The number of benzene rings is 2. The predicted molar refractivity (Wildman–Crippen MR) is 98.8 cm³/mol. The second-order valence-electron chi connectivity index (χ2n) is 6.23. The largest absolute Gasteiger partial charge is 0.494 e. The molecule has 25 heavy (non-hydrogen) atoms. The van der Waals surface area contributed by atoms with Gasteiger partial charge in [-0.05, 0) is 50.1 Å². The summed E-state index contributed by atoms with van der Waals surface area (Å²) >= 11 is 0. The summed E-state index contributed by atoms with van der Waals surface area (Å²) in [6.45, 7) is 6.57. The predicted octanol–water partition coefficient (Wildman–Crippen LogP) is 4.56. The number of rotatable bonds is 6. The van der Waals surface area contributed by atoms with Crippen LogP contribution in [0.15, 0.2) is 53.1 Å². The van der Waals surface area contributed by atoms with Crippen molar-refractivity contribution >= 4 is 16.9 Å². The van der Waals surface area contributed by atoms with Crippen molar-refractivity contribution in [3.8, 4) is 5.75 Å². The molecule has 0 saturated heterocycles. The number of hydrogen-bond donors (Lipinski definition) is 1. The Balaban J connectivity index is 1.68. The number of carbonyl (C=O) groups excluding carboxylic acids is 1. The lowest BCUT2D eigenvalue weighted by molar-refractivity contribution is -0.121. The van der Waals surface area contributed by atoms with Crippen LogP contribution < -0.4 is 10.1 Å². The van der Waals surface area contributed by atoms with E-state index in [1.54, 1.807) is 6.26 Å². The van der Waals surface area contributed by atoms with Gasteiger partial charge in [-0.2, -0.15) is 0 Å². The summed E-state index contributed by atoms with van der Waals surface area (Å²) < 4.78 is 11.1. The van der Waals surface area contributed by atoms with Crippen molar-refractivity contribution in [3.63, 3.8) is 0 Å². The smallest absolute Gasteiger partial charge is 0.225 e. The van der Waals surface area contributed by atoms with E-state index in [-0.39, 0.29) is 11.9 Å². The molecular formula is C21H23NO3. The van der Waals surface area contributed by atoms with Gasteiger partial charge in [-0.25, -0.2) is 0 Å². The Hall–Kier alpha value is -2.75. The molecule has 1 amide bonds. The Labute approximate surface area is 147 Å². The molecule has 0 radical (unpaired) electrons. The third-order valence-corrected chi connectivity index (χ3v) is 4.21. The number of carbonyl (C=O) groups is 1. The molecule has 2 aromatic carbocycles. The SMILES string of the molecule is CCOc1cccc(C(C)NC(=O)Cc2coc3cc(C)ccc23)c1. The lowest BCUT2D eigenvalue weighted by atomic mass is 10.1. The highest BCUT2D eigenvalue weighted by Crippen LogP contribution is 2.23. The van der Waals surface area contributed by atoms with E-state index in [0.29, 0.717) is 13.0 Å². The summed E-state index contributed by atoms with van der Waals surface area (Å²) in [5.41, 5.74) is 3.88. The van der Waals surface area contributed by atoms with Crippen molar-refractivity contribution in [2.75, 3.05) is 6.61 Å². The van der Waals surface area contributed by atoms with Gasteiger partial charge in [-0.3, -0.25) is 4.79 Å². The van der Waals surface area contributed by atoms with E-state index in [0.717, 1.165) is 33.4 Å². The summed E-state index contributed by atoms with van der Waals surface area (Å²) in [7, 11) is 0. The minimum atomic E-state index is -0.0895. The molecule has 130 valence electrons. The zero-order valence-corrected chi connectivity index (χ0v) is 14.8. The highest BCUT2D eigenvalue weighted by atomic mass is 16.5. The second kappa shape index (κ2) is 7.43. The Kier molecular flexibility index (Phi) is 5.08. The molecule has 1 N–H and O–H groups in total. The number of fused-ring (bicyclic) bond motifs is 1. The number of aryl methyl sites for hydroxylation is 1. The van der Waals surface area contributed by atoms with Crippen molar-refractivity contribution in [1.29, 1.82) is 0 Å². The molecule has 3 rings (SSSR count). The molecule has 0 fully saturated rings. The molecule has 1 unspecified atom stereocenters. The molecular weight excluding hydrogens is 314 g/mol. The van der Waals surface area contributed by atoms with Crippen LogP contribution in [-0.2, 0) is 11.2 Å². The number of ether oxygens (including phenoxy) is 1. The fourth-order valence-corrected chi connectivity index (χ4v) is 2.92. The molecule has 0 spiro atoms. The van der Waals surface area contributed by atoms with Gasteiger partial charge in [0.15, 0.2) is 0 Å². The molecule has 0 aliphatic rings. The van der Waals surface area contributed by atoms with Crippen molar-refractivity contribution in [1.82, 2.24) is 5.32 Å². The maximum absolute atomic E-state index is 12.4. The Morgan fingerprint density at radius 3 is 2.88 bits per heavy atom. The molecule has 1 aromatic heterocycles. The second-order valence-corrected chi connectivity index (χ2v) is 6.23. The first-order chi connectivity index (χ1) is 12.1. The van der Waals surface area contributed by atoms with Gasteiger partial charge < -0.3 is 14.5 Å². The zero-order chi connectivity index (χ0) is 17.8. The van der Waals surface area contributed by atoms with Gasteiger partial charge >= 0.3 is 0 Å². The number of amides is 1. The van der Waals surface area contributed by atoms with Gasteiger partial charge in [-0.15, -0.1) is 0 Å². The van der Waals surface area contributed by atoms with E-state index >= 15 is 0 Å². The molecule has 4 heteroatoms. The standard InChI is InChI=1S/C21H23NO3/c1-4-24-18-7-5-6-16(11-18)15(3)22-21(23)12-17-13-25-20-10-14(2)8-9-19(17)20/h5-11,13,15H,4,12H2,1-3H3,(H,22,23). The van der Waals surface area contributed by atoms with Crippen molar-refractivity contribution < 1.29 is 13.9 Å². The molecule has 0 aliphatic heterocycles. The van der Waals surface area contributed by atoms with Gasteiger partial charge in [0.1, 0.15) is 11.3 Å². The first-order valence-electron chi connectivity index (χ1n) is 8.55. The van der Waals surface area contributed by atoms with E-state index in [1.807, 2.05) is 63.2 Å². The Morgan fingerprint density at radius 1 is 1.24 bits per heavy atom. The van der Waals surface area contributed by atoms with Gasteiger partial charge in [0, 0.05) is 10.9 Å². The fourth-order valence-electron chi connectivity index (χ4n) is 2.92. The summed E-state index contributed by atoms with van der Waals surface area (Å²) in [5.74, 6) is 0.787. The summed E-state index contributed by atoms with van der Waals surface area (Å²) in [4.78, 5) is 12.4. The van der Waals surface area contributed by atoms with Gasteiger partial charge in [0.25, 0.3) is 0 Å². The quantitative estimate of drug-likeness (QED) is 0.717. The average molecular weight is 337 g/mol. The van der Waals surface area contributed by atoms with Crippen LogP contribution in [0, 0.1) is 6.92 Å².